The molecule has 2 aliphatic heterocycles. The number of carbonyl (C=O) groups excluding carboxylic acids is 8. The summed E-state index contributed by atoms with van der Waals surface area (Å²) < 4.78 is 16.2. The van der Waals surface area contributed by atoms with E-state index in [0.29, 0.717) is 51.9 Å². The quantitative estimate of drug-likeness (QED) is 0.0453. The van der Waals surface area contributed by atoms with E-state index in [1.807, 2.05) is 105 Å². The number of alkyl carbamates (subject to hydrolysis) is 3. The molecular formula is C58H82N8O11. The fourth-order valence-electron chi connectivity index (χ4n) is 9.26. The minimum Gasteiger partial charge on any atom is -0.445 e. The van der Waals surface area contributed by atoms with Crippen LogP contribution in [0.2, 0.25) is 0 Å². The molecule has 2 heterocycles. The normalized spacial score (nSPS) is 16.0. The number of rotatable bonds is 23. The van der Waals surface area contributed by atoms with Crippen LogP contribution in [0.1, 0.15) is 118 Å². The summed E-state index contributed by atoms with van der Waals surface area (Å²) in [6, 6.07) is 22.2. The number of carbonyl (C=O) groups is 8. The molecule has 6 N–H and O–H groups in total. The predicted molar refractivity (Wildman–Crippen MR) is 291 cm³/mol. The van der Waals surface area contributed by atoms with E-state index >= 15 is 0 Å². The van der Waals surface area contributed by atoms with Crippen molar-refractivity contribution in [2.75, 3.05) is 32.7 Å². The standard InChI is InChI=1S/C58H82N8O11/c1-39(2)33-45(62-49(68)46(34-41-21-13-10-14-22-41)63-50(69)47(35-42-23-15-11-16-24-42)64-55(74)77-57(7,8)9)48(67)61-44(27-19-20-30-59-53(72)76-56(4,5)6)52(71)66-37-58(38-66)28-31-65(32-29-58)51(70)40(3)60-54(73)75-36-43-25-17-12-18-26-43/h10-18,21-26,39-40,44-47H,19-20,27-38H2,1-9H3,(H,59,72)(H,60,73)(H,61,67)(H,62,68)(H,63,69)(H,64,74). The van der Waals surface area contributed by atoms with Crippen LogP contribution >= 0.6 is 0 Å². The number of ether oxygens (including phenoxy) is 3. The van der Waals surface area contributed by atoms with Gasteiger partial charge in [-0.3, -0.25) is 24.0 Å². The first-order chi connectivity index (χ1) is 36.4. The second-order valence-corrected chi connectivity index (χ2v) is 22.8. The van der Waals surface area contributed by atoms with Gasteiger partial charge in [-0.1, -0.05) is 105 Å². The molecule has 8 amide bonds. The van der Waals surface area contributed by atoms with Gasteiger partial charge in [0.1, 0.15) is 48.0 Å². The van der Waals surface area contributed by atoms with Crippen LogP contribution in [0.4, 0.5) is 14.4 Å². The zero-order valence-corrected chi connectivity index (χ0v) is 46.4. The molecule has 5 atom stereocenters. The maximum absolute atomic E-state index is 14.5. The van der Waals surface area contributed by atoms with Crippen LogP contribution in [0.15, 0.2) is 91.0 Å². The van der Waals surface area contributed by atoms with Crippen LogP contribution in [-0.4, -0.2) is 132 Å². The van der Waals surface area contributed by atoms with Crippen molar-refractivity contribution >= 4 is 47.8 Å². The van der Waals surface area contributed by atoms with E-state index in [1.54, 1.807) is 58.3 Å². The molecule has 5 unspecified atom stereocenters. The summed E-state index contributed by atoms with van der Waals surface area (Å²) in [7, 11) is 0. The average molecular weight is 1070 g/mol. The molecule has 5 rings (SSSR count). The molecule has 3 aromatic carbocycles. The zero-order chi connectivity index (χ0) is 56.3. The van der Waals surface area contributed by atoms with Gasteiger partial charge in [0.25, 0.3) is 0 Å². The van der Waals surface area contributed by atoms with E-state index in [1.165, 1.54) is 0 Å². The van der Waals surface area contributed by atoms with Gasteiger partial charge >= 0.3 is 18.3 Å². The van der Waals surface area contributed by atoms with E-state index in [2.05, 4.69) is 31.9 Å². The molecular weight excluding hydrogens is 985 g/mol. The zero-order valence-electron chi connectivity index (χ0n) is 46.4. The monoisotopic (exact) mass is 1070 g/mol. The number of hydrogen-bond donors (Lipinski definition) is 6. The molecule has 0 aromatic heterocycles. The molecule has 3 aromatic rings. The van der Waals surface area contributed by atoms with Gasteiger partial charge in [-0.05, 0) is 110 Å². The molecule has 19 nitrogen and oxygen atoms in total. The summed E-state index contributed by atoms with van der Waals surface area (Å²) in [6.07, 6.45) is 0.713. The fourth-order valence-corrected chi connectivity index (χ4v) is 9.26. The molecule has 0 aliphatic carbocycles. The number of nitrogens with one attached hydrogen (secondary N) is 6. The molecule has 19 heteroatoms. The van der Waals surface area contributed by atoms with Gasteiger partial charge in [0.05, 0.1) is 0 Å². The van der Waals surface area contributed by atoms with Gasteiger partial charge in [-0.2, -0.15) is 0 Å². The third-order valence-corrected chi connectivity index (χ3v) is 13.2. The van der Waals surface area contributed by atoms with Crippen LogP contribution in [0.3, 0.4) is 0 Å². The van der Waals surface area contributed by atoms with E-state index in [9.17, 15) is 38.4 Å². The summed E-state index contributed by atoms with van der Waals surface area (Å²) in [6.45, 7) is 17.9. The first-order valence-electron chi connectivity index (χ1n) is 26.9. The van der Waals surface area contributed by atoms with Crippen molar-refractivity contribution in [3.63, 3.8) is 0 Å². The number of unbranched alkanes of at least 4 members (excludes halogenated alkanes) is 1. The number of nitrogens with zero attached hydrogens (tertiary/aromatic N) is 2. The van der Waals surface area contributed by atoms with Crippen LogP contribution in [0.5, 0.6) is 0 Å². The fraction of sp³-hybridized carbons (Fsp3) is 0.552. The Kier molecular flexibility index (Phi) is 22.3. The first kappa shape index (κ1) is 60.7. The largest absolute Gasteiger partial charge is 0.445 e. The van der Waals surface area contributed by atoms with Gasteiger partial charge in [-0.25, -0.2) is 14.4 Å². The molecule has 1 spiro atoms. The van der Waals surface area contributed by atoms with E-state index in [4.69, 9.17) is 14.2 Å². The number of hydrogen-bond acceptors (Lipinski definition) is 11. The lowest BCUT2D eigenvalue weighted by Gasteiger charge is -2.54. The van der Waals surface area contributed by atoms with Gasteiger partial charge < -0.3 is 55.9 Å². The molecule has 2 saturated heterocycles. The second kappa shape index (κ2) is 28.3. The average Bonchev–Trinajstić information content (AvgIpc) is 3.36. The summed E-state index contributed by atoms with van der Waals surface area (Å²) in [5, 5.41) is 16.8. The van der Waals surface area contributed by atoms with Crippen molar-refractivity contribution in [2.45, 2.75) is 162 Å². The lowest BCUT2D eigenvalue weighted by molar-refractivity contribution is -0.153. The van der Waals surface area contributed by atoms with Gasteiger partial charge in [-0.15, -0.1) is 0 Å². The third kappa shape index (κ3) is 20.7. The molecule has 0 saturated carbocycles. The third-order valence-electron chi connectivity index (χ3n) is 13.2. The Labute approximate surface area is 454 Å². The van der Waals surface area contributed by atoms with E-state index in [0.717, 1.165) is 16.7 Å². The SMILES string of the molecule is CC(C)CC(NC(=O)C(Cc1ccccc1)NC(=O)C(Cc1ccccc1)NC(=O)OC(C)(C)C)C(=O)NC(CCCCNC(=O)OC(C)(C)C)C(=O)N1CC2(CCN(C(=O)C(C)NC(=O)OCc3ccccc3)CC2)C1. The Morgan fingerprint density at radius 2 is 1.00 bits per heavy atom. The number of amides is 8. The summed E-state index contributed by atoms with van der Waals surface area (Å²) in [5.41, 5.74) is 0.555. The highest BCUT2D eigenvalue weighted by atomic mass is 16.6. The summed E-state index contributed by atoms with van der Waals surface area (Å²) in [4.78, 5) is 113. The predicted octanol–water partition coefficient (Wildman–Crippen LogP) is 6.33. The lowest BCUT2D eigenvalue weighted by Crippen LogP contribution is -2.66. The highest BCUT2D eigenvalue weighted by Crippen LogP contribution is 2.41. The van der Waals surface area contributed by atoms with Crippen molar-refractivity contribution in [3.8, 4) is 0 Å². The highest BCUT2D eigenvalue weighted by molar-refractivity contribution is 5.95. The van der Waals surface area contributed by atoms with Crippen molar-refractivity contribution in [1.29, 1.82) is 0 Å². The topological polar surface area (TPSA) is 243 Å². The molecule has 0 radical (unpaired) electrons. The van der Waals surface area contributed by atoms with Crippen LogP contribution in [-0.2, 0) is 57.6 Å². The smallest absolute Gasteiger partial charge is 0.408 e. The van der Waals surface area contributed by atoms with Crippen LogP contribution < -0.4 is 31.9 Å². The van der Waals surface area contributed by atoms with Crippen molar-refractivity contribution in [1.82, 2.24) is 41.7 Å². The molecule has 2 fully saturated rings. The Morgan fingerprint density at radius 3 is 1.52 bits per heavy atom. The van der Waals surface area contributed by atoms with Crippen LogP contribution in [0.25, 0.3) is 0 Å². The maximum atomic E-state index is 14.5. The lowest BCUT2D eigenvalue weighted by atomic mass is 9.71. The molecule has 0 bridgehead atoms. The highest BCUT2D eigenvalue weighted by Gasteiger charge is 2.49. The minimum absolute atomic E-state index is 0.0553. The Bertz CT molecular complexity index is 2430. The second-order valence-electron chi connectivity index (χ2n) is 22.8. The maximum Gasteiger partial charge on any atom is 0.408 e. The van der Waals surface area contributed by atoms with Gasteiger partial charge in [0.15, 0.2) is 0 Å². The molecule has 77 heavy (non-hydrogen) atoms. The van der Waals surface area contributed by atoms with Crippen molar-refractivity contribution in [3.05, 3.63) is 108 Å². The Hall–Kier alpha value is -7.18. The summed E-state index contributed by atoms with van der Waals surface area (Å²) in [5.74, 6) is -2.47. The van der Waals surface area contributed by atoms with Crippen molar-refractivity contribution in [2.24, 2.45) is 11.3 Å². The number of benzene rings is 3. The Morgan fingerprint density at radius 1 is 0.532 bits per heavy atom. The molecule has 420 valence electrons. The Balaban J connectivity index is 1.27. The summed E-state index contributed by atoms with van der Waals surface area (Å²) >= 11 is 0. The van der Waals surface area contributed by atoms with E-state index < -0.39 is 77.4 Å². The van der Waals surface area contributed by atoms with Crippen molar-refractivity contribution < 1.29 is 52.6 Å². The molecule has 2 aliphatic rings. The minimum atomic E-state index is -1.19. The van der Waals surface area contributed by atoms with E-state index in [-0.39, 0.29) is 62.0 Å². The van der Waals surface area contributed by atoms with Crippen LogP contribution in [0, 0.1) is 11.3 Å². The van der Waals surface area contributed by atoms with Gasteiger partial charge in [0, 0.05) is 51.0 Å². The van der Waals surface area contributed by atoms with Gasteiger partial charge in [0.2, 0.25) is 29.5 Å². The number of likely N-dealkylation sites (tertiary alicyclic amines) is 2. The first-order valence-corrected chi connectivity index (χ1v) is 26.9. The number of piperidine rings is 1.